The van der Waals surface area contributed by atoms with Gasteiger partial charge in [0.05, 0.1) is 0 Å². The van der Waals surface area contributed by atoms with E-state index in [0.29, 0.717) is 39.5 Å². The Kier molecular flexibility index (Phi) is 9.54. The summed E-state index contributed by atoms with van der Waals surface area (Å²) in [5.74, 6) is 0. The maximum absolute atomic E-state index is 6.33. The summed E-state index contributed by atoms with van der Waals surface area (Å²) in [4.78, 5) is 4.75. The van der Waals surface area contributed by atoms with Crippen molar-refractivity contribution >= 4 is 54.6 Å². The fourth-order valence-corrected chi connectivity index (χ4v) is 12.6. The zero-order valence-corrected chi connectivity index (χ0v) is 29.1. The fraction of sp³-hybridized carbons (Fsp3) is 0.750. The predicted molar refractivity (Wildman–Crippen MR) is 146 cm³/mol. The Hall–Kier alpha value is -0.295. The monoisotopic (exact) mass is 734 g/mol. The van der Waals surface area contributed by atoms with Crippen molar-refractivity contribution in [3.05, 3.63) is 22.8 Å². The molecule has 2 atom stereocenters. The van der Waals surface area contributed by atoms with Crippen molar-refractivity contribution in [1.82, 2.24) is 29.4 Å². The van der Waals surface area contributed by atoms with Gasteiger partial charge < -0.3 is 0 Å². The van der Waals surface area contributed by atoms with Gasteiger partial charge in [-0.15, -0.1) is 0 Å². The van der Waals surface area contributed by atoms with Gasteiger partial charge in [-0.3, -0.25) is 0 Å². The van der Waals surface area contributed by atoms with Crippen LogP contribution in [0.2, 0.25) is 0 Å². The summed E-state index contributed by atoms with van der Waals surface area (Å²) in [6.45, 7) is 18.4. The zero-order chi connectivity index (χ0) is 26.9. The quantitative estimate of drug-likeness (QED) is 0.325. The molecule has 8 rings (SSSR count). The normalized spacial score (nSPS) is 29.0. The summed E-state index contributed by atoms with van der Waals surface area (Å²) in [7, 11) is 0. The van der Waals surface area contributed by atoms with Gasteiger partial charge in [0.25, 0.3) is 0 Å². The van der Waals surface area contributed by atoms with E-state index in [-0.39, 0.29) is 27.2 Å². The van der Waals surface area contributed by atoms with Crippen LogP contribution < -0.4 is 8.92 Å². The van der Waals surface area contributed by atoms with Gasteiger partial charge in [0.15, 0.2) is 0 Å². The van der Waals surface area contributed by atoms with E-state index < -0.39 is 30.7 Å². The summed E-state index contributed by atoms with van der Waals surface area (Å²) in [5, 5.41) is 9.91. The molecule has 0 aliphatic carbocycles. The Morgan fingerprint density at radius 2 is 1.05 bits per heavy atom. The second kappa shape index (κ2) is 12.9. The molecule has 0 spiro atoms. The molecule has 39 heavy (non-hydrogen) atoms. The van der Waals surface area contributed by atoms with Gasteiger partial charge >= 0.3 is 248 Å². The summed E-state index contributed by atoms with van der Waals surface area (Å²) >= 11 is -4.66. The van der Waals surface area contributed by atoms with E-state index in [1.165, 1.54) is 20.3 Å². The summed E-state index contributed by atoms with van der Waals surface area (Å²) in [6.07, 6.45) is 0.0581. The van der Waals surface area contributed by atoms with Crippen LogP contribution in [0.5, 0.6) is 0 Å². The van der Waals surface area contributed by atoms with Crippen LogP contribution in [0.15, 0.2) is 0 Å². The third kappa shape index (κ3) is 6.86. The first-order valence-electron chi connectivity index (χ1n) is 13.7. The molecule has 2 aromatic heterocycles. The van der Waals surface area contributed by atoms with Gasteiger partial charge in [-0.05, 0) is 0 Å². The average molecular weight is 731 g/mol. The van der Waals surface area contributed by atoms with Crippen LogP contribution in [0.25, 0.3) is 0 Å². The maximum atomic E-state index is 6.33. The van der Waals surface area contributed by atoms with Gasteiger partial charge in [0.2, 0.25) is 0 Å². The molecule has 0 amide bonds. The first-order valence-corrected chi connectivity index (χ1v) is 20.6. The van der Waals surface area contributed by atoms with Gasteiger partial charge in [-0.25, -0.2) is 0 Å². The fourth-order valence-electron chi connectivity index (χ4n) is 5.45. The van der Waals surface area contributed by atoms with Gasteiger partial charge in [-0.2, -0.15) is 0 Å². The van der Waals surface area contributed by atoms with Crippen LogP contribution in [0, 0.1) is 27.7 Å². The standard InChI is InChI=1S/C24H38Ge2N6O6Se/c1-17-23(19(3)31(27-17)15-21-13-29-5-9-33-25(37-21)34-10-6-29)39-24-18(2)28-32(20(24)4)16-22-14-30-7-11-35-26(38-22)36-12-8-30/h21-22H,5-16H2,1-4H3. The Labute approximate surface area is 246 Å². The van der Waals surface area contributed by atoms with E-state index in [1.807, 2.05) is 0 Å². The summed E-state index contributed by atoms with van der Waals surface area (Å²) < 4.78 is 43.2. The van der Waals surface area contributed by atoms with Gasteiger partial charge in [-0.1, -0.05) is 0 Å². The van der Waals surface area contributed by atoms with Crippen LogP contribution in [-0.4, -0.2) is 153 Å². The topological polar surface area (TPSA) is 97.5 Å². The Balaban J connectivity index is 1.16. The number of aromatic nitrogens is 4. The molecule has 0 saturated carbocycles. The number of hydrogen-bond acceptors (Lipinski definition) is 10. The molecule has 2 unspecified atom stereocenters. The second-order valence-corrected chi connectivity index (χ2v) is 18.1. The van der Waals surface area contributed by atoms with Crippen molar-refractivity contribution in [2.75, 3.05) is 65.7 Å². The van der Waals surface area contributed by atoms with Crippen LogP contribution in [0.3, 0.4) is 0 Å². The van der Waals surface area contributed by atoms with E-state index in [1.54, 1.807) is 0 Å². The zero-order valence-electron chi connectivity index (χ0n) is 23.2. The molecular formula is C24H38Ge2N6O6Se. The first kappa shape index (κ1) is 28.8. The van der Waals surface area contributed by atoms with Crippen LogP contribution in [-0.2, 0) is 35.7 Å². The van der Waals surface area contributed by atoms with E-state index in [9.17, 15) is 0 Å². The van der Waals surface area contributed by atoms with E-state index in [0.717, 1.165) is 50.7 Å². The number of hydrogen-bond donors (Lipinski definition) is 0. The first-order chi connectivity index (χ1) is 18.9. The van der Waals surface area contributed by atoms with Crippen LogP contribution >= 0.6 is 0 Å². The Morgan fingerprint density at radius 3 is 1.44 bits per heavy atom. The van der Waals surface area contributed by atoms with Crippen molar-refractivity contribution in [1.29, 1.82) is 0 Å². The molecule has 8 heterocycles. The van der Waals surface area contributed by atoms with E-state index >= 15 is 0 Å². The average Bonchev–Trinajstić information content (AvgIpc) is 3.23. The van der Waals surface area contributed by atoms with Gasteiger partial charge in [0, 0.05) is 0 Å². The third-order valence-corrected chi connectivity index (χ3v) is 16.8. The SMILES string of the molecule is Cc1nn(CC2CN3CC[O][Ge]([O]CC3)[O]2)c(C)c1[Se]c1c(C)nn(CC2CN3CC[O][Ge]([O]CC3)[O]2)c1C. The molecule has 6 saturated heterocycles. The molecule has 15 heteroatoms. The molecule has 4 bridgehead atoms. The van der Waals surface area contributed by atoms with Crippen LogP contribution in [0.1, 0.15) is 22.8 Å². The van der Waals surface area contributed by atoms with Crippen molar-refractivity contribution < 1.29 is 22.6 Å². The number of rotatable bonds is 6. The molecule has 6 fully saturated rings. The van der Waals surface area contributed by atoms with E-state index in [4.69, 9.17) is 32.8 Å². The van der Waals surface area contributed by atoms with E-state index in [2.05, 4.69) is 46.9 Å². The molecule has 0 N–H and O–H groups in total. The molecule has 6 aliphatic heterocycles. The van der Waals surface area contributed by atoms with Gasteiger partial charge in [0.1, 0.15) is 0 Å². The molecule has 2 radical (unpaired) electrons. The Morgan fingerprint density at radius 1 is 0.667 bits per heavy atom. The molecule has 0 aromatic carbocycles. The molecular weight excluding hydrogens is 692 g/mol. The molecule has 12 nitrogen and oxygen atoms in total. The number of nitrogens with zero attached hydrogens (tertiary/aromatic N) is 6. The van der Waals surface area contributed by atoms with Crippen LogP contribution in [0.4, 0.5) is 0 Å². The molecule has 6 aliphatic rings. The summed E-state index contributed by atoms with van der Waals surface area (Å²) in [6, 6.07) is 0. The number of fused-ring (bicyclic) bond motifs is 12. The third-order valence-electron chi connectivity index (χ3n) is 7.55. The predicted octanol–water partition coefficient (Wildman–Crippen LogP) is -1.57. The van der Waals surface area contributed by atoms with Crippen molar-refractivity contribution in [2.24, 2.45) is 0 Å². The molecule has 2 aromatic rings. The second-order valence-electron chi connectivity index (χ2n) is 10.4. The van der Waals surface area contributed by atoms with Crippen molar-refractivity contribution in [3.8, 4) is 0 Å². The van der Waals surface area contributed by atoms with Crippen molar-refractivity contribution in [3.63, 3.8) is 0 Å². The molecule has 214 valence electrons. The minimum atomic E-state index is -2.38. The van der Waals surface area contributed by atoms with Crippen molar-refractivity contribution in [2.45, 2.75) is 53.0 Å². The summed E-state index contributed by atoms with van der Waals surface area (Å²) in [5.41, 5.74) is 4.59. The minimum absolute atomic E-state index is 0.0291. The Bertz CT molecular complexity index is 1020. The number of aryl methyl sites for hydroxylation is 2.